The van der Waals surface area contributed by atoms with E-state index in [4.69, 9.17) is 0 Å². The van der Waals surface area contributed by atoms with Crippen LogP contribution in [0.3, 0.4) is 0 Å². The predicted molar refractivity (Wildman–Crippen MR) is 83.7 cm³/mol. The molecule has 3 rings (SSSR count). The molecule has 0 atom stereocenters. The van der Waals surface area contributed by atoms with E-state index in [9.17, 15) is 9.59 Å². The Hall–Kier alpha value is -3.14. The molecule has 0 aliphatic heterocycles. The van der Waals surface area contributed by atoms with Crippen molar-refractivity contribution in [1.82, 2.24) is 9.97 Å². The molecule has 22 heavy (non-hydrogen) atoms. The zero-order valence-corrected chi connectivity index (χ0v) is 11.6. The van der Waals surface area contributed by atoms with E-state index in [2.05, 4.69) is 9.97 Å². The van der Waals surface area contributed by atoms with Crippen LogP contribution in [0.15, 0.2) is 60.9 Å². The number of aromatic nitrogens is 2. The SMILES string of the molecule is O=Cc1ccc(-c2ccc(-c3ccc(C=O)nc3)cc2)cn1. The van der Waals surface area contributed by atoms with Crippen LogP contribution in [0.1, 0.15) is 21.0 Å². The molecule has 4 heteroatoms. The van der Waals surface area contributed by atoms with Crippen molar-refractivity contribution in [2.24, 2.45) is 0 Å². The predicted octanol–water partition coefficient (Wildman–Crippen LogP) is 3.44. The van der Waals surface area contributed by atoms with Crippen LogP contribution in [0, 0.1) is 0 Å². The van der Waals surface area contributed by atoms with Crippen molar-refractivity contribution in [3.05, 3.63) is 72.3 Å². The van der Waals surface area contributed by atoms with Crippen LogP contribution in [-0.2, 0) is 0 Å². The van der Waals surface area contributed by atoms with Crippen LogP contribution in [0.2, 0.25) is 0 Å². The van der Waals surface area contributed by atoms with Crippen molar-refractivity contribution in [2.45, 2.75) is 0 Å². The van der Waals surface area contributed by atoms with Gasteiger partial charge in [-0.3, -0.25) is 19.6 Å². The van der Waals surface area contributed by atoms with Gasteiger partial charge in [0.2, 0.25) is 0 Å². The molecule has 0 aliphatic carbocycles. The molecule has 0 bridgehead atoms. The largest absolute Gasteiger partial charge is 0.296 e. The van der Waals surface area contributed by atoms with Gasteiger partial charge in [-0.05, 0) is 23.3 Å². The molecule has 0 spiro atoms. The molecular weight excluding hydrogens is 276 g/mol. The average Bonchev–Trinajstić information content (AvgIpc) is 2.62. The molecule has 0 saturated carbocycles. The molecule has 1 aromatic carbocycles. The Balaban J connectivity index is 1.87. The monoisotopic (exact) mass is 288 g/mol. The Bertz CT molecular complexity index is 722. The highest BCUT2D eigenvalue weighted by Gasteiger charge is 2.02. The number of carbonyl (C=O) groups is 2. The zero-order valence-electron chi connectivity index (χ0n) is 11.6. The maximum absolute atomic E-state index is 10.6. The average molecular weight is 288 g/mol. The van der Waals surface area contributed by atoms with E-state index in [1.54, 1.807) is 24.5 Å². The van der Waals surface area contributed by atoms with Crippen LogP contribution in [0.4, 0.5) is 0 Å². The van der Waals surface area contributed by atoms with Crippen molar-refractivity contribution in [1.29, 1.82) is 0 Å². The van der Waals surface area contributed by atoms with Crippen LogP contribution < -0.4 is 0 Å². The summed E-state index contributed by atoms with van der Waals surface area (Å²) in [6, 6.07) is 15.1. The first kappa shape index (κ1) is 13.8. The number of benzene rings is 1. The minimum Gasteiger partial charge on any atom is -0.296 e. The fraction of sp³-hybridized carbons (Fsp3) is 0. The van der Waals surface area contributed by atoms with E-state index >= 15 is 0 Å². The molecule has 0 radical (unpaired) electrons. The van der Waals surface area contributed by atoms with Crippen LogP contribution in [0.5, 0.6) is 0 Å². The van der Waals surface area contributed by atoms with E-state index in [1.807, 2.05) is 36.4 Å². The molecular formula is C18H12N2O2. The molecule has 0 amide bonds. The first-order valence-electron chi connectivity index (χ1n) is 6.73. The summed E-state index contributed by atoms with van der Waals surface area (Å²) in [4.78, 5) is 29.3. The Morgan fingerprint density at radius 1 is 0.545 bits per heavy atom. The molecule has 0 N–H and O–H groups in total. The summed E-state index contributed by atoms with van der Waals surface area (Å²) in [6.07, 6.45) is 4.81. The lowest BCUT2D eigenvalue weighted by Crippen LogP contribution is -1.88. The second kappa shape index (κ2) is 6.10. The molecule has 4 nitrogen and oxygen atoms in total. The summed E-state index contributed by atoms with van der Waals surface area (Å²) in [5.41, 5.74) is 4.78. The normalized spacial score (nSPS) is 10.2. The Kier molecular flexibility index (Phi) is 3.83. The van der Waals surface area contributed by atoms with Gasteiger partial charge in [0.1, 0.15) is 11.4 Å². The molecule has 106 valence electrons. The molecule has 2 heterocycles. The zero-order chi connectivity index (χ0) is 15.4. The number of carbonyl (C=O) groups excluding carboxylic acids is 2. The van der Waals surface area contributed by atoms with Crippen molar-refractivity contribution in [3.8, 4) is 22.3 Å². The summed E-state index contributed by atoms with van der Waals surface area (Å²) >= 11 is 0. The molecule has 0 unspecified atom stereocenters. The van der Waals surface area contributed by atoms with E-state index < -0.39 is 0 Å². The lowest BCUT2D eigenvalue weighted by atomic mass is 10.0. The quantitative estimate of drug-likeness (QED) is 0.690. The molecule has 3 aromatic rings. The summed E-state index contributed by atoms with van der Waals surface area (Å²) < 4.78 is 0. The standard InChI is InChI=1S/C18H12N2O2/c21-11-17-7-5-15(9-19-17)13-1-2-14(4-3-13)16-6-8-18(12-22)20-10-16/h1-12H. The number of pyridine rings is 2. The van der Waals surface area contributed by atoms with Gasteiger partial charge >= 0.3 is 0 Å². The van der Waals surface area contributed by atoms with Crippen molar-refractivity contribution < 1.29 is 9.59 Å². The molecule has 0 saturated heterocycles. The highest BCUT2D eigenvalue weighted by Crippen LogP contribution is 2.24. The molecule has 0 aliphatic rings. The first-order valence-corrected chi connectivity index (χ1v) is 6.73. The second-order valence-corrected chi connectivity index (χ2v) is 4.76. The highest BCUT2D eigenvalue weighted by atomic mass is 16.1. The molecule has 0 fully saturated rings. The van der Waals surface area contributed by atoms with Gasteiger partial charge in [-0.1, -0.05) is 36.4 Å². The number of hydrogen-bond acceptors (Lipinski definition) is 4. The number of aldehydes is 2. The summed E-state index contributed by atoms with van der Waals surface area (Å²) in [5, 5.41) is 0. The minimum atomic E-state index is 0.418. The summed E-state index contributed by atoms with van der Waals surface area (Å²) in [6.45, 7) is 0. The van der Waals surface area contributed by atoms with Gasteiger partial charge in [-0.2, -0.15) is 0 Å². The third-order valence-corrected chi connectivity index (χ3v) is 3.37. The number of hydrogen-bond donors (Lipinski definition) is 0. The Morgan fingerprint density at radius 3 is 1.18 bits per heavy atom. The topological polar surface area (TPSA) is 59.9 Å². The second-order valence-electron chi connectivity index (χ2n) is 4.76. The smallest absolute Gasteiger partial charge is 0.168 e. The van der Waals surface area contributed by atoms with Crippen molar-refractivity contribution in [2.75, 3.05) is 0 Å². The van der Waals surface area contributed by atoms with E-state index in [0.29, 0.717) is 11.4 Å². The van der Waals surface area contributed by atoms with Crippen LogP contribution >= 0.6 is 0 Å². The minimum absolute atomic E-state index is 0.418. The lowest BCUT2D eigenvalue weighted by Gasteiger charge is -2.05. The van der Waals surface area contributed by atoms with Crippen LogP contribution in [-0.4, -0.2) is 22.5 Å². The van der Waals surface area contributed by atoms with E-state index in [0.717, 1.165) is 34.8 Å². The van der Waals surface area contributed by atoms with Crippen molar-refractivity contribution >= 4 is 12.6 Å². The van der Waals surface area contributed by atoms with Gasteiger partial charge in [-0.15, -0.1) is 0 Å². The van der Waals surface area contributed by atoms with Crippen LogP contribution in [0.25, 0.3) is 22.3 Å². The fourth-order valence-electron chi connectivity index (χ4n) is 2.15. The highest BCUT2D eigenvalue weighted by molar-refractivity contribution is 5.75. The van der Waals surface area contributed by atoms with E-state index in [-0.39, 0.29) is 0 Å². The van der Waals surface area contributed by atoms with Gasteiger partial charge < -0.3 is 0 Å². The van der Waals surface area contributed by atoms with Gasteiger partial charge in [0.05, 0.1) is 0 Å². The van der Waals surface area contributed by atoms with E-state index in [1.165, 1.54) is 0 Å². The van der Waals surface area contributed by atoms with Gasteiger partial charge in [0, 0.05) is 23.5 Å². The van der Waals surface area contributed by atoms with Crippen molar-refractivity contribution in [3.63, 3.8) is 0 Å². The van der Waals surface area contributed by atoms with Gasteiger partial charge in [0.15, 0.2) is 12.6 Å². The third kappa shape index (κ3) is 2.81. The lowest BCUT2D eigenvalue weighted by molar-refractivity contribution is 0.111. The summed E-state index contributed by atoms with van der Waals surface area (Å²) in [5.74, 6) is 0. The van der Waals surface area contributed by atoms with Gasteiger partial charge in [-0.25, -0.2) is 0 Å². The summed E-state index contributed by atoms with van der Waals surface area (Å²) in [7, 11) is 0. The maximum atomic E-state index is 10.6. The fourth-order valence-corrected chi connectivity index (χ4v) is 2.15. The Labute approximate surface area is 127 Å². The maximum Gasteiger partial charge on any atom is 0.168 e. The van der Waals surface area contributed by atoms with Gasteiger partial charge in [0.25, 0.3) is 0 Å². The first-order chi connectivity index (χ1) is 10.8. The number of rotatable bonds is 4. The Morgan fingerprint density at radius 2 is 0.909 bits per heavy atom. The third-order valence-electron chi connectivity index (χ3n) is 3.37. The number of nitrogens with zero attached hydrogens (tertiary/aromatic N) is 2. The molecule has 2 aromatic heterocycles.